The summed E-state index contributed by atoms with van der Waals surface area (Å²) >= 11 is 1.33. The SMILES string of the molecule is CNC(=O)[C@H]1CC(=O)N(Cc2ccccc2)C(=Nc2ccccc2)S1. The van der Waals surface area contributed by atoms with E-state index < -0.39 is 5.25 Å². The number of aliphatic imine (C=N–C) groups is 1. The molecule has 0 aliphatic carbocycles. The molecule has 5 nitrogen and oxygen atoms in total. The number of rotatable bonds is 4. The number of amides is 2. The van der Waals surface area contributed by atoms with Crippen molar-refractivity contribution in [2.45, 2.75) is 18.2 Å². The summed E-state index contributed by atoms with van der Waals surface area (Å²) in [5, 5.41) is 2.72. The highest BCUT2D eigenvalue weighted by Gasteiger charge is 2.35. The molecule has 0 aromatic heterocycles. The molecule has 1 fully saturated rings. The molecule has 0 spiro atoms. The van der Waals surface area contributed by atoms with Gasteiger partial charge in [0.2, 0.25) is 11.8 Å². The summed E-state index contributed by atoms with van der Waals surface area (Å²) in [5.74, 6) is -0.246. The third kappa shape index (κ3) is 4.28. The van der Waals surface area contributed by atoms with Crippen molar-refractivity contribution in [1.29, 1.82) is 0 Å². The normalized spacial score (nSPS) is 19.1. The van der Waals surface area contributed by atoms with Crippen molar-refractivity contribution in [3.63, 3.8) is 0 Å². The van der Waals surface area contributed by atoms with Crippen LogP contribution in [0.3, 0.4) is 0 Å². The number of hydrogen-bond acceptors (Lipinski definition) is 4. The first-order valence-electron chi connectivity index (χ1n) is 8.03. The molecular weight excluding hydrogens is 334 g/mol. The average molecular weight is 353 g/mol. The van der Waals surface area contributed by atoms with E-state index in [-0.39, 0.29) is 18.2 Å². The van der Waals surface area contributed by atoms with Crippen LogP contribution in [0.15, 0.2) is 65.7 Å². The fourth-order valence-corrected chi connectivity index (χ4v) is 3.69. The first kappa shape index (κ1) is 17.2. The van der Waals surface area contributed by atoms with Crippen LogP contribution in [0.2, 0.25) is 0 Å². The fourth-order valence-electron chi connectivity index (χ4n) is 2.54. The number of nitrogens with one attached hydrogen (secondary N) is 1. The molecular formula is C19H19N3O2S. The molecule has 0 bridgehead atoms. The van der Waals surface area contributed by atoms with Crippen molar-refractivity contribution in [2.24, 2.45) is 4.99 Å². The maximum atomic E-state index is 12.7. The van der Waals surface area contributed by atoms with Crippen LogP contribution in [0, 0.1) is 0 Å². The van der Waals surface area contributed by atoms with Gasteiger partial charge >= 0.3 is 0 Å². The Bertz CT molecular complexity index is 778. The first-order chi connectivity index (χ1) is 12.2. The Morgan fingerprint density at radius 2 is 1.80 bits per heavy atom. The lowest BCUT2D eigenvalue weighted by molar-refractivity contribution is -0.130. The minimum atomic E-state index is -0.452. The van der Waals surface area contributed by atoms with Crippen molar-refractivity contribution < 1.29 is 9.59 Å². The first-order valence-corrected chi connectivity index (χ1v) is 8.91. The van der Waals surface area contributed by atoms with Gasteiger partial charge in [0.1, 0.15) is 0 Å². The smallest absolute Gasteiger partial charge is 0.233 e. The highest BCUT2D eigenvalue weighted by atomic mass is 32.2. The number of benzene rings is 2. The molecule has 25 heavy (non-hydrogen) atoms. The predicted octanol–water partition coefficient (Wildman–Crippen LogP) is 2.95. The van der Waals surface area contributed by atoms with Gasteiger partial charge in [-0.25, -0.2) is 4.99 Å². The quantitative estimate of drug-likeness (QED) is 0.919. The zero-order chi connectivity index (χ0) is 17.6. The van der Waals surface area contributed by atoms with Crippen LogP contribution >= 0.6 is 11.8 Å². The van der Waals surface area contributed by atoms with Crippen molar-refractivity contribution in [2.75, 3.05) is 7.05 Å². The Morgan fingerprint density at radius 3 is 2.44 bits per heavy atom. The molecule has 1 saturated heterocycles. The van der Waals surface area contributed by atoms with E-state index in [1.165, 1.54) is 11.8 Å². The minimum absolute atomic E-state index is 0.0918. The molecule has 0 radical (unpaired) electrons. The highest BCUT2D eigenvalue weighted by molar-refractivity contribution is 8.15. The Balaban J connectivity index is 1.91. The summed E-state index contributed by atoms with van der Waals surface area (Å²) in [6.45, 7) is 0.443. The molecule has 1 aliphatic heterocycles. The second-order valence-electron chi connectivity index (χ2n) is 5.62. The Morgan fingerprint density at radius 1 is 1.16 bits per heavy atom. The average Bonchev–Trinajstić information content (AvgIpc) is 2.65. The lowest BCUT2D eigenvalue weighted by Crippen LogP contribution is -2.45. The van der Waals surface area contributed by atoms with Crippen LogP contribution < -0.4 is 5.32 Å². The van der Waals surface area contributed by atoms with Crippen molar-refractivity contribution in [1.82, 2.24) is 10.2 Å². The number of para-hydroxylation sites is 1. The van der Waals surface area contributed by atoms with Crippen LogP contribution in [0.25, 0.3) is 0 Å². The van der Waals surface area contributed by atoms with Crippen LogP contribution in [-0.2, 0) is 16.1 Å². The van der Waals surface area contributed by atoms with Crippen molar-refractivity contribution >= 4 is 34.4 Å². The molecule has 3 rings (SSSR count). The highest BCUT2D eigenvalue weighted by Crippen LogP contribution is 2.30. The molecule has 1 N–H and O–H groups in total. The predicted molar refractivity (Wildman–Crippen MR) is 101 cm³/mol. The number of carbonyl (C=O) groups is 2. The molecule has 0 unspecified atom stereocenters. The molecule has 1 heterocycles. The van der Waals surface area contributed by atoms with Gasteiger partial charge in [0.15, 0.2) is 5.17 Å². The van der Waals surface area contributed by atoms with Gasteiger partial charge < -0.3 is 5.32 Å². The second-order valence-corrected chi connectivity index (χ2v) is 6.79. The van der Waals surface area contributed by atoms with E-state index in [1.807, 2.05) is 60.7 Å². The Labute approximate surface area is 151 Å². The Kier molecular flexibility index (Phi) is 5.50. The van der Waals surface area contributed by atoms with E-state index in [0.29, 0.717) is 11.7 Å². The van der Waals surface area contributed by atoms with Crippen LogP contribution in [0.1, 0.15) is 12.0 Å². The van der Waals surface area contributed by atoms with Gasteiger partial charge in [0.05, 0.1) is 17.5 Å². The van der Waals surface area contributed by atoms with Gasteiger partial charge in [-0.1, -0.05) is 60.3 Å². The number of amidine groups is 1. The third-order valence-corrected chi connectivity index (χ3v) is 5.03. The molecule has 1 aliphatic rings. The maximum Gasteiger partial charge on any atom is 0.233 e. The molecule has 2 aromatic carbocycles. The summed E-state index contributed by atoms with van der Waals surface area (Å²) in [4.78, 5) is 31.0. The van der Waals surface area contributed by atoms with E-state index in [0.717, 1.165) is 11.3 Å². The summed E-state index contributed by atoms with van der Waals surface area (Å²) in [6, 6.07) is 19.2. The van der Waals surface area contributed by atoms with E-state index in [9.17, 15) is 9.59 Å². The minimum Gasteiger partial charge on any atom is -0.358 e. The fraction of sp³-hybridized carbons (Fsp3) is 0.211. The monoisotopic (exact) mass is 353 g/mol. The van der Waals surface area contributed by atoms with Gasteiger partial charge in [-0.05, 0) is 17.7 Å². The number of carbonyl (C=O) groups excluding carboxylic acids is 2. The maximum absolute atomic E-state index is 12.7. The van der Waals surface area contributed by atoms with Gasteiger partial charge in [0, 0.05) is 13.5 Å². The van der Waals surface area contributed by atoms with E-state index in [1.54, 1.807) is 11.9 Å². The molecule has 0 saturated carbocycles. The summed E-state index contributed by atoms with van der Waals surface area (Å²) in [5.41, 5.74) is 1.78. The van der Waals surface area contributed by atoms with Crippen LogP contribution in [0.4, 0.5) is 5.69 Å². The number of thioether (sulfide) groups is 1. The number of nitrogens with zero attached hydrogens (tertiary/aromatic N) is 2. The van der Waals surface area contributed by atoms with Crippen LogP contribution in [0.5, 0.6) is 0 Å². The standard InChI is InChI=1S/C19H19N3O2S/c1-20-18(24)16-12-17(23)22(13-14-8-4-2-5-9-14)19(25-16)21-15-10-6-3-7-11-15/h2-11,16H,12-13H2,1H3,(H,20,24)/t16-/m1/s1. The second kappa shape index (κ2) is 7.98. The van der Waals surface area contributed by atoms with E-state index in [4.69, 9.17) is 0 Å². The van der Waals surface area contributed by atoms with Crippen molar-refractivity contribution in [3.05, 3.63) is 66.2 Å². The van der Waals surface area contributed by atoms with Gasteiger partial charge in [-0.15, -0.1) is 0 Å². The zero-order valence-electron chi connectivity index (χ0n) is 13.9. The summed E-state index contributed by atoms with van der Waals surface area (Å²) < 4.78 is 0. The largest absolute Gasteiger partial charge is 0.358 e. The molecule has 1 atom stereocenters. The zero-order valence-corrected chi connectivity index (χ0v) is 14.7. The Hall–Kier alpha value is -2.60. The topological polar surface area (TPSA) is 61.8 Å². The summed E-state index contributed by atoms with van der Waals surface area (Å²) in [6.07, 6.45) is 0.172. The lowest BCUT2D eigenvalue weighted by Gasteiger charge is -2.31. The van der Waals surface area contributed by atoms with Gasteiger partial charge in [-0.3, -0.25) is 14.5 Å². The molecule has 128 valence electrons. The molecule has 2 amide bonds. The molecule has 6 heteroatoms. The third-order valence-electron chi connectivity index (χ3n) is 3.84. The van der Waals surface area contributed by atoms with E-state index >= 15 is 0 Å². The molecule has 2 aromatic rings. The summed E-state index contributed by atoms with van der Waals surface area (Å²) in [7, 11) is 1.58. The van der Waals surface area contributed by atoms with Gasteiger partial charge in [0.25, 0.3) is 0 Å². The van der Waals surface area contributed by atoms with Crippen LogP contribution in [-0.4, -0.2) is 34.2 Å². The number of hydrogen-bond donors (Lipinski definition) is 1. The van der Waals surface area contributed by atoms with E-state index in [2.05, 4.69) is 10.3 Å². The van der Waals surface area contributed by atoms with Crippen molar-refractivity contribution in [3.8, 4) is 0 Å². The lowest BCUT2D eigenvalue weighted by atomic mass is 10.2. The van der Waals surface area contributed by atoms with Gasteiger partial charge in [-0.2, -0.15) is 0 Å².